The second kappa shape index (κ2) is 41.6. The topological polar surface area (TPSA) is 490 Å². The first kappa shape index (κ1) is 78.5. The fourth-order valence-electron chi connectivity index (χ4n) is 9.30. The molecule has 9 atom stereocenters. The zero-order valence-corrected chi connectivity index (χ0v) is 51.3. The fourth-order valence-corrected chi connectivity index (χ4v) is 9.91. The number of aliphatic carboxylic acids is 5. The number of ether oxygens (including phenoxy) is 1. The minimum atomic E-state index is -1.70. The van der Waals surface area contributed by atoms with E-state index >= 15 is 0 Å². The minimum Gasteiger partial charge on any atom is -0.481 e. The molecule has 1 fully saturated rings. The van der Waals surface area contributed by atoms with Gasteiger partial charge in [-0.25, -0.2) is 0 Å². The van der Waals surface area contributed by atoms with Crippen LogP contribution in [-0.4, -0.2) is 205 Å². The Hall–Kier alpha value is -7.54. The van der Waals surface area contributed by atoms with Gasteiger partial charge in [0.1, 0.15) is 24.2 Å². The number of nitrogens with zero attached hydrogens (tertiary/aromatic N) is 1. The highest BCUT2D eigenvalue weighted by atomic mass is 32.2. The third-order valence-corrected chi connectivity index (χ3v) is 14.9. The van der Waals surface area contributed by atoms with E-state index in [0.717, 1.165) is 0 Å². The van der Waals surface area contributed by atoms with E-state index in [0.29, 0.717) is 6.42 Å². The maximum absolute atomic E-state index is 13.9. The number of hydrogen-bond donors (Lipinski definition) is 11. The highest BCUT2D eigenvalue weighted by Crippen LogP contribution is 2.22. The second-order valence-electron chi connectivity index (χ2n) is 22.2. The van der Waals surface area contributed by atoms with Crippen molar-refractivity contribution in [2.45, 2.75) is 192 Å². The van der Waals surface area contributed by atoms with Crippen LogP contribution in [0.1, 0.15) is 156 Å². The van der Waals surface area contributed by atoms with E-state index in [9.17, 15) is 102 Å². The molecule has 0 aromatic heterocycles. The Morgan fingerprint density at radius 3 is 1.56 bits per heavy atom. The molecule has 1 heterocycles. The largest absolute Gasteiger partial charge is 0.481 e. The van der Waals surface area contributed by atoms with Gasteiger partial charge in [-0.1, -0.05) is 20.8 Å². The summed E-state index contributed by atoms with van der Waals surface area (Å²) in [6, 6.07) is -7.58. The summed E-state index contributed by atoms with van der Waals surface area (Å²) in [7, 11) is 0. The Morgan fingerprint density at radius 2 is 1.05 bits per heavy atom. The summed E-state index contributed by atoms with van der Waals surface area (Å²) in [5, 5.41) is 59.1. The zero-order valence-electron chi connectivity index (χ0n) is 50.5. The van der Waals surface area contributed by atoms with Crippen molar-refractivity contribution in [2.75, 3.05) is 38.3 Å². The summed E-state index contributed by atoms with van der Waals surface area (Å²) < 4.78 is 5.55. The van der Waals surface area contributed by atoms with Crippen LogP contribution in [0.2, 0.25) is 0 Å². The molecule has 1 aliphatic rings. The van der Waals surface area contributed by atoms with Crippen molar-refractivity contribution in [3.63, 3.8) is 0 Å². The molecule has 0 saturated carbocycles. The van der Waals surface area contributed by atoms with E-state index in [1.807, 2.05) is 13.8 Å². The van der Waals surface area contributed by atoms with Crippen LogP contribution in [-0.2, 0) is 86.2 Å². The zero-order chi connectivity index (χ0) is 66.8. The van der Waals surface area contributed by atoms with E-state index < -0.39 is 225 Å². The van der Waals surface area contributed by atoms with Crippen LogP contribution in [0, 0.1) is 23.7 Å². The molecule has 6 amide bonds. The van der Waals surface area contributed by atoms with Crippen molar-refractivity contribution in [3.05, 3.63) is 0 Å². The van der Waals surface area contributed by atoms with Gasteiger partial charge in [-0.2, -0.15) is 11.8 Å². The number of thioether (sulfide) groups is 1. The highest BCUT2D eigenvalue weighted by Gasteiger charge is 2.37. The van der Waals surface area contributed by atoms with Gasteiger partial charge in [-0.05, 0) is 76.9 Å². The standard InChI is InChI=1S/C57H87N7O23S/c1-31(2)24-39(43(67)15-16-47(71)60-40(30-88-5)45(69)25-32(3)54(83)59-28-33(4)65)63-57(86)41-8-6-22-64(41)48(72)29-87-23-7-9-42(66)37(13-20-52(79)80)61-56(85)35(11-18-50(75)76)27-46(70)38(14-21-53(81)82)62-55(84)34(10-17-49(73)74)26-44(68)36(58)12-19-51(77)78/h31-32,34-41H,6-30,58H2,1-5H3,(H,59,83)(H,60,71)(H,61,85)(H,62,84)(H,63,86)(H,73,74)(H,75,76)(H,77,78)(H,79,80)(H,81,82)/t32-,34+,35+,36-,37-,38-,39+,40+,41+/m1/s1. The Balaban J connectivity index is 3.08. The Bertz CT molecular complexity index is 2510. The maximum atomic E-state index is 13.9. The SMILES string of the molecule is CSC[C@H](NC(=O)CCC(=O)[C@H](CC(C)C)NC(=O)[C@@H]1CCCN1C(=O)COCCCC(=O)[C@@H](CCC(=O)O)NC(=O)[C@@H](CCC(=O)O)CC(=O)[C@@H](CCC(=O)O)NC(=O)[C@@H](CCC(=O)O)CC(=O)[C@H](N)CCC(=O)O)C(=O)C[C@@H](C)C(=O)NCC(C)=O. The first-order valence-electron chi connectivity index (χ1n) is 29.1. The number of rotatable bonds is 49. The van der Waals surface area contributed by atoms with Crippen LogP contribution in [0.3, 0.4) is 0 Å². The summed E-state index contributed by atoms with van der Waals surface area (Å²) in [6.45, 7) is 5.65. The Morgan fingerprint density at radius 1 is 0.557 bits per heavy atom. The van der Waals surface area contributed by atoms with Gasteiger partial charge in [-0.3, -0.25) is 81.5 Å². The van der Waals surface area contributed by atoms with Crippen LogP contribution < -0.4 is 32.3 Å². The predicted octanol–water partition coefficient (Wildman–Crippen LogP) is 0.143. The van der Waals surface area contributed by atoms with Crippen LogP contribution >= 0.6 is 11.8 Å². The van der Waals surface area contributed by atoms with E-state index in [2.05, 4.69) is 26.6 Å². The molecule has 0 aromatic rings. The molecule has 0 unspecified atom stereocenters. The van der Waals surface area contributed by atoms with Gasteiger partial charge >= 0.3 is 29.8 Å². The number of carbonyl (C=O) groups excluding carboxylic acids is 12. The molecule has 30 nitrogen and oxygen atoms in total. The molecule has 31 heteroatoms. The molecule has 0 radical (unpaired) electrons. The molecule has 1 aliphatic heterocycles. The van der Waals surface area contributed by atoms with E-state index in [4.69, 9.17) is 15.6 Å². The third-order valence-electron chi connectivity index (χ3n) is 14.2. The molecule has 1 saturated heterocycles. The molecule has 0 bridgehead atoms. The van der Waals surface area contributed by atoms with Crippen molar-refractivity contribution >= 4 is 112 Å². The summed E-state index contributed by atoms with van der Waals surface area (Å²) in [5.74, 6) is -18.7. The molecule has 0 aromatic carbocycles. The van der Waals surface area contributed by atoms with Crippen LogP contribution in [0.5, 0.6) is 0 Å². The fraction of sp³-hybridized carbons (Fsp3) is 0.702. The Kier molecular flexibility index (Phi) is 37.1. The van der Waals surface area contributed by atoms with Gasteiger partial charge in [0.2, 0.25) is 35.4 Å². The van der Waals surface area contributed by atoms with Gasteiger partial charge in [0, 0.05) is 107 Å². The van der Waals surface area contributed by atoms with E-state index in [-0.39, 0.29) is 88.5 Å². The number of nitrogens with two attached hydrogens (primary N) is 1. The number of carbonyl (C=O) groups is 17. The van der Waals surface area contributed by atoms with Crippen LogP contribution in [0.15, 0.2) is 0 Å². The monoisotopic (exact) mass is 1270 g/mol. The molecular formula is C57H87N7O23S. The molecular weight excluding hydrogens is 1180 g/mol. The lowest BCUT2D eigenvalue weighted by Gasteiger charge is -2.27. The lowest BCUT2D eigenvalue weighted by molar-refractivity contribution is -0.142. The maximum Gasteiger partial charge on any atom is 0.303 e. The summed E-state index contributed by atoms with van der Waals surface area (Å²) in [4.78, 5) is 217. The minimum absolute atomic E-state index is 0.0820. The average molecular weight is 1270 g/mol. The van der Waals surface area contributed by atoms with Crippen molar-refractivity contribution in [1.29, 1.82) is 0 Å². The second-order valence-corrected chi connectivity index (χ2v) is 23.1. The number of carboxylic acid groups (broad SMARTS) is 5. The highest BCUT2D eigenvalue weighted by molar-refractivity contribution is 7.98. The Labute approximate surface area is 513 Å². The van der Waals surface area contributed by atoms with Crippen LogP contribution in [0.25, 0.3) is 0 Å². The van der Waals surface area contributed by atoms with E-state index in [1.54, 1.807) is 6.26 Å². The lowest BCUT2D eigenvalue weighted by Crippen LogP contribution is -2.52. The molecule has 12 N–H and O–H groups in total. The molecule has 0 spiro atoms. The summed E-state index contributed by atoms with van der Waals surface area (Å²) >= 11 is 1.28. The summed E-state index contributed by atoms with van der Waals surface area (Å²) in [6.07, 6.45) is -5.89. The van der Waals surface area contributed by atoms with Crippen molar-refractivity contribution in [3.8, 4) is 0 Å². The van der Waals surface area contributed by atoms with Gasteiger partial charge in [0.25, 0.3) is 0 Å². The van der Waals surface area contributed by atoms with Gasteiger partial charge in [0.15, 0.2) is 23.1 Å². The quantitative estimate of drug-likeness (QED) is 0.0361. The normalized spacial score (nSPS) is 15.6. The van der Waals surface area contributed by atoms with Gasteiger partial charge < -0.3 is 67.5 Å². The van der Waals surface area contributed by atoms with Gasteiger partial charge in [0.05, 0.1) is 36.8 Å². The van der Waals surface area contributed by atoms with E-state index in [1.165, 1.54) is 30.5 Å². The number of ketones is 6. The first-order chi connectivity index (χ1) is 41.3. The number of carboxylic acids is 5. The average Bonchev–Trinajstić information content (AvgIpc) is 2.08. The van der Waals surface area contributed by atoms with Crippen molar-refractivity contribution < 1.29 is 112 Å². The molecule has 494 valence electrons. The van der Waals surface area contributed by atoms with Crippen molar-refractivity contribution in [2.24, 2.45) is 29.4 Å². The smallest absolute Gasteiger partial charge is 0.303 e. The third kappa shape index (κ3) is 32.4. The summed E-state index contributed by atoms with van der Waals surface area (Å²) in [5.41, 5.74) is 5.80. The van der Waals surface area contributed by atoms with Crippen LogP contribution in [0.4, 0.5) is 0 Å². The predicted molar refractivity (Wildman–Crippen MR) is 311 cm³/mol. The first-order valence-corrected chi connectivity index (χ1v) is 30.5. The molecule has 0 aliphatic carbocycles. The number of hydrogen-bond acceptors (Lipinski definition) is 20. The molecule has 88 heavy (non-hydrogen) atoms. The lowest BCUT2D eigenvalue weighted by atomic mass is 9.89. The number of nitrogens with one attached hydrogen (secondary N) is 5. The number of amides is 6. The van der Waals surface area contributed by atoms with Crippen molar-refractivity contribution in [1.82, 2.24) is 31.5 Å². The number of likely N-dealkylation sites (tertiary alicyclic amines) is 1. The van der Waals surface area contributed by atoms with Gasteiger partial charge in [-0.15, -0.1) is 0 Å². The number of Topliss-reactive ketones (excluding diaryl/α,β-unsaturated/α-hetero) is 6. The molecule has 1 rings (SSSR count).